The van der Waals surface area contributed by atoms with E-state index in [1.807, 2.05) is 6.07 Å². The molecule has 1 aliphatic carbocycles. The fourth-order valence-corrected chi connectivity index (χ4v) is 4.51. The van der Waals surface area contributed by atoms with Gasteiger partial charge in [0.05, 0.1) is 0 Å². The second-order valence-corrected chi connectivity index (χ2v) is 10.5. The number of ether oxygens (including phenoxy) is 4. The molecule has 2 aliphatic heterocycles. The first kappa shape index (κ1) is 27.7. The van der Waals surface area contributed by atoms with Gasteiger partial charge in [-0.05, 0) is 60.2 Å². The van der Waals surface area contributed by atoms with Crippen LogP contribution in [0.3, 0.4) is 0 Å². The first-order valence-electron chi connectivity index (χ1n) is 12.5. The van der Waals surface area contributed by atoms with Gasteiger partial charge in [0.1, 0.15) is 17.1 Å². The highest BCUT2D eigenvalue weighted by atomic mass is 16.7. The highest BCUT2D eigenvalue weighted by molar-refractivity contribution is 6.18. The molecule has 3 fully saturated rings. The van der Waals surface area contributed by atoms with E-state index in [9.17, 15) is 29.4 Å². The monoisotopic (exact) mass is 538 g/mol. The zero-order chi connectivity index (χ0) is 28.5. The van der Waals surface area contributed by atoms with Crippen LogP contribution in [0.25, 0.3) is 6.08 Å². The SMILES string of the molecule is CC1(C)OC(=O)C(=Cc2cccc(O)c2)C(=O)O1.CC1(C)OC(=O)C(C(c2cccc(O)c2)C2CC2)C(=O)O1. The van der Waals surface area contributed by atoms with E-state index < -0.39 is 41.4 Å². The Balaban J connectivity index is 0.000000183. The lowest BCUT2D eigenvalue weighted by molar-refractivity contribution is -0.241. The number of phenols is 2. The molecule has 2 saturated heterocycles. The van der Waals surface area contributed by atoms with E-state index in [2.05, 4.69) is 0 Å². The summed E-state index contributed by atoms with van der Waals surface area (Å²) >= 11 is 0. The maximum atomic E-state index is 12.3. The Labute approximate surface area is 225 Å². The molecule has 2 N–H and O–H groups in total. The molecule has 0 aromatic heterocycles. The molecule has 0 radical (unpaired) electrons. The third-order valence-corrected chi connectivity index (χ3v) is 6.24. The van der Waals surface area contributed by atoms with Crippen LogP contribution in [0.4, 0.5) is 0 Å². The largest absolute Gasteiger partial charge is 0.508 e. The number of phenolic OH excluding ortho intramolecular Hbond substituents is 2. The highest BCUT2D eigenvalue weighted by Gasteiger charge is 2.51. The zero-order valence-electron chi connectivity index (χ0n) is 22.0. The van der Waals surface area contributed by atoms with E-state index in [0.29, 0.717) is 5.56 Å². The van der Waals surface area contributed by atoms with Crippen molar-refractivity contribution in [3.63, 3.8) is 0 Å². The van der Waals surface area contributed by atoms with E-state index in [1.165, 1.54) is 32.1 Å². The molecule has 1 atom stereocenters. The van der Waals surface area contributed by atoms with Crippen molar-refractivity contribution in [2.75, 3.05) is 0 Å². The van der Waals surface area contributed by atoms with Gasteiger partial charge in [0, 0.05) is 33.6 Å². The first-order chi connectivity index (χ1) is 18.2. The van der Waals surface area contributed by atoms with Crippen molar-refractivity contribution in [3.05, 3.63) is 65.2 Å². The Hall–Kier alpha value is -4.34. The van der Waals surface area contributed by atoms with Gasteiger partial charge in [-0.15, -0.1) is 0 Å². The fourth-order valence-electron chi connectivity index (χ4n) is 4.51. The molecule has 39 heavy (non-hydrogen) atoms. The third kappa shape index (κ3) is 6.76. The van der Waals surface area contributed by atoms with Crippen LogP contribution >= 0.6 is 0 Å². The molecule has 1 unspecified atom stereocenters. The van der Waals surface area contributed by atoms with Crippen LogP contribution in [-0.4, -0.2) is 45.7 Å². The van der Waals surface area contributed by atoms with E-state index in [1.54, 1.807) is 44.2 Å². The quantitative estimate of drug-likeness (QED) is 0.254. The molecular weight excluding hydrogens is 508 g/mol. The number of carbonyl (C=O) groups is 4. The summed E-state index contributed by atoms with van der Waals surface area (Å²) in [6, 6.07) is 12.9. The lowest BCUT2D eigenvalue weighted by atomic mass is 9.81. The molecule has 10 heteroatoms. The predicted octanol–water partition coefficient (Wildman–Crippen LogP) is 3.95. The Kier molecular flexibility index (Phi) is 7.41. The molecule has 0 bridgehead atoms. The molecule has 0 amide bonds. The van der Waals surface area contributed by atoms with E-state index >= 15 is 0 Å². The summed E-state index contributed by atoms with van der Waals surface area (Å²) < 4.78 is 20.3. The third-order valence-electron chi connectivity index (χ3n) is 6.24. The number of hydrogen-bond donors (Lipinski definition) is 2. The number of esters is 4. The maximum absolute atomic E-state index is 12.3. The molecular formula is C29H30O10. The summed E-state index contributed by atoms with van der Waals surface area (Å²) in [5.41, 5.74) is 1.09. The van der Waals surface area contributed by atoms with Gasteiger partial charge in [0.2, 0.25) is 0 Å². The molecule has 2 aromatic carbocycles. The summed E-state index contributed by atoms with van der Waals surface area (Å²) in [6.45, 7) is 6.04. The van der Waals surface area contributed by atoms with E-state index in [0.717, 1.165) is 18.4 Å². The number of hydrogen-bond acceptors (Lipinski definition) is 10. The zero-order valence-corrected chi connectivity index (χ0v) is 22.0. The highest BCUT2D eigenvalue weighted by Crippen LogP contribution is 2.49. The molecule has 5 rings (SSSR count). The summed E-state index contributed by atoms with van der Waals surface area (Å²) in [6.07, 6.45) is 3.24. The summed E-state index contributed by atoms with van der Waals surface area (Å²) in [5, 5.41) is 18.9. The standard InChI is InChI=1S/C16H18O5.C13H12O5/c1-16(2)20-14(18)13(15(19)21-16)12(9-6-7-9)10-4-3-5-11(17)8-10;1-13(2)17-11(15)10(12(16)18-13)7-8-4-3-5-9(14)6-8/h3-5,8-9,12-13,17H,6-7H2,1-2H3;3-7,14H,1-2H3. The van der Waals surface area contributed by atoms with Gasteiger partial charge in [-0.3, -0.25) is 9.59 Å². The Morgan fingerprint density at radius 1 is 0.769 bits per heavy atom. The van der Waals surface area contributed by atoms with Crippen molar-refractivity contribution in [3.8, 4) is 11.5 Å². The summed E-state index contributed by atoms with van der Waals surface area (Å²) in [4.78, 5) is 47.8. The van der Waals surface area contributed by atoms with Crippen molar-refractivity contribution in [1.29, 1.82) is 0 Å². The number of aromatic hydroxyl groups is 2. The molecule has 1 saturated carbocycles. The van der Waals surface area contributed by atoms with Crippen molar-refractivity contribution in [2.45, 2.75) is 58.0 Å². The second-order valence-electron chi connectivity index (χ2n) is 10.5. The minimum absolute atomic E-state index is 0.0437. The summed E-state index contributed by atoms with van der Waals surface area (Å²) in [5.74, 6) is -5.86. The van der Waals surface area contributed by atoms with Crippen molar-refractivity contribution < 1.29 is 48.3 Å². The number of benzene rings is 2. The number of cyclic esters (lactones) is 4. The Morgan fingerprint density at radius 2 is 1.28 bits per heavy atom. The van der Waals surface area contributed by atoms with Gasteiger partial charge in [-0.2, -0.15) is 0 Å². The molecule has 2 aromatic rings. The van der Waals surface area contributed by atoms with Crippen molar-refractivity contribution >= 4 is 30.0 Å². The van der Waals surface area contributed by atoms with E-state index in [-0.39, 0.29) is 28.9 Å². The number of carbonyl (C=O) groups excluding carboxylic acids is 4. The molecule has 10 nitrogen and oxygen atoms in total. The van der Waals surface area contributed by atoms with Crippen LogP contribution in [0.2, 0.25) is 0 Å². The Morgan fingerprint density at radius 3 is 1.79 bits per heavy atom. The van der Waals surface area contributed by atoms with Gasteiger partial charge < -0.3 is 29.2 Å². The molecule has 206 valence electrons. The smallest absolute Gasteiger partial charge is 0.348 e. The number of rotatable bonds is 4. The normalized spacial score (nSPS) is 20.9. The average molecular weight is 539 g/mol. The minimum Gasteiger partial charge on any atom is -0.508 e. The molecule has 3 aliphatic rings. The van der Waals surface area contributed by atoms with Gasteiger partial charge in [0.15, 0.2) is 5.92 Å². The van der Waals surface area contributed by atoms with Crippen molar-refractivity contribution in [1.82, 2.24) is 0 Å². The van der Waals surface area contributed by atoms with Crippen molar-refractivity contribution in [2.24, 2.45) is 11.8 Å². The molecule has 0 spiro atoms. The first-order valence-corrected chi connectivity index (χ1v) is 12.5. The van der Waals surface area contributed by atoms with Crippen LogP contribution in [0, 0.1) is 11.8 Å². The van der Waals surface area contributed by atoms with E-state index in [4.69, 9.17) is 18.9 Å². The summed E-state index contributed by atoms with van der Waals surface area (Å²) in [7, 11) is 0. The van der Waals surface area contributed by atoms with Crippen LogP contribution in [0.5, 0.6) is 11.5 Å². The van der Waals surface area contributed by atoms with Crippen LogP contribution in [0.15, 0.2) is 54.1 Å². The minimum atomic E-state index is -1.25. The second kappa shape index (κ2) is 10.4. The average Bonchev–Trinajstić information content (AvgIpc) is 3.63. The van der Waals surface area contributed by atoms with Gasteiger partial charge in [-0.1, -0.05) is 24.3 Å². The van der Waals surface area contributed by atoms with Crippen LogP contribution in [-0.2, 0) is 38.1 Å². The molecule has 2 heterocycles. The fraction of sp³-hybridized carbons (Fsp3) is 0.379. The maximum Gasteiger partial charge on any atom is 0.348 e. The van der Waals surface area contributed by atoms with Crippen LogP contribution in [0.1, 0.15) is 57.6 Å². The Bertz CT molecular complexity index is 1290. The topological polar surface area (TPSA) is 146 Å². The van der Waals surface area contributed by atoms with Crippen LogP contribution < -0.4 is 0 Å². The van der Waals surface area contributed by atoms with Gasteiger partial charge >= 0.3 is 23.9 Å². The lowest BCUT2D eigenvalue weighted by Crippen LogP contribution is -2.48. The van der Waals surface area contributed by atoms with Gasteiger partial charge in [0.25, 0.3) is 11.6 Å². The predicted molar refractivity (Wildman–Crippen MR) is 136 cm³/mol. The lowest BCUT2D eigenvalue weighted by Gasteiger charge is -2.36. The van der Waals surface area contributed by atoms with Gasteiger partial charge in [-0.25, -0.2) is 9.59 Å².